The smallest absolute Gasteiger partial charge is 0.187 e. The maximum atomic E-state index is 6.01. The van der Waals surface area contributed by atoms with E-state index in [-0.39, 0.29) is 0 Å². The molecular weight excluding hydrogens is 290 g/mol. The molecule has 2 rings (SSSR count). The normalized spacial score (nSPS) is 10.4. The zero-order valence-electron chi connectivity index (χ0n) is 10.7. The lowest BCUT2D eigenvalue weighted by molar-refractivity contribution is 0.869. The molecule has 0 unspecified atom stereocenters. The third kappa shape index (κ3) is 4.64. The number of rotatable bonds is 4. The molecule has 3 nitrogen and oxygen atoms in total. The Morgan fingerprint density at radius 2 is 1.80 bits per heavy atom. The molecular formula is C15H14ClN3S. The van der Waals surface area contributed by atoms with Crippen molar-refractivity contribution in [2.45, 2.75) is 6.54 Å². The van der Waals surface area contributed by atoms with E-state index in [1.807, 2.05) is 54.6 Å². The quantitative estimate of drug-likeness (QED) is 0.517. The number of nitrogens with zero attached hydrogens (tertiary/aromatic N) is 1. The summed E-state index contributed by atoms with van der Waals surface area (Å²) in [7, 11) is 0. The molecule has 0 aliphatic carbocycles. The Labute approximate surface area is 128 Å². The summed E-state index contributed by atoms with van der Waals surface area (Å²) < 4.78 is 0. The van der Waals surface area contributed by atoms with Crippen LogP contribution in [0.3, 0.4) is 0 Å². The van der Waals surface area contributed by atoms with Crippen LogP contribution in [0.2, 0.25) is 5.02 Å². The molecule has 0 fully saturated rings. The molecule has 0 saturated heterocycles. The van der Waals surface area contributed by atoms with Crippen molar-refractivity contribution in [1.29, 1.82) is 0 Å². The lowest BCUT2D eigenvalue weighted by atomic mass is 10.2. The highest BCUT2D eigenvalue weighted by atomic mass is 35.5. The van der Waals surface area contributed by atoms with Crippen LogP contribution in [-0.4, -0.2) is 11.3 Å². The lowest BCUT2D eigenvalue weighted by Crippen LogP contribution is -2.31. The lowest BCUT2D eigenvalue weighted by Gasteiger charge is -2.06. The summed E-state index contributed by atoms with van der Waals surface area (Å²) in [5.74, 6) is 0. The second-order valence-corrected chi connectivity index (χ2v) is 4.88. The van der Waals surface area contributed by atoms with Crippen LogP contribution >= 0.6 is 23.8 Å². The van der Waals surface area contributed by atoms with Gasteiger partial charge in [-0.2, -0.15) is 5.10 Å². The molecule has 102 valence electrons. The summed E-state index contributed by atoms with van der Waals surface area (Å²) in [4.78, 5) is 0. The van der Waals surface area contributed by atoms with Crippen LogP contribution in [0.1, 0.15) is 11.1 Å². The van der Waals surface area contributed by atoms with E-state index < -0.39 is 0 Å². The van der Waals surface area contributed by atoms with Gasteiger partial charge in [-0.05, 0) is 23.8 Å². The molecule has 0 saturated carbocycles. The minimum absolute atomic E-state index is 0.470. The number of hydrogen-bond acceptors (Lipinski definition) is 2. The number of benzene rings is 2. The second kappa shape index (κ2) is 7.62. The minimum atomic E-state index is 0.470. The highest BCUT2D eigenvalue weighted by molar-refractivity contribution is 7.80. The Morgan fingerprint density at radius 1 is 1.10 bits per heavy atom. The first-order valence-corrected chi connectivity index (χ1v) is 6.89. The molecule has 0 amide bonds. The van der Waals surface area contributed by atoms with Gasteiger partial charge in [0, 0.05) is 17.1 Å². The summed E-state index contributed by atoms with van der Waals surface area (Å²) in [6.07, 6.45) is 1.64. The van der Waals surface area contributed by atoms with Gasteiger partial charge >= 0.3 is 0 Å². The summed E-state index contributed by atoms with van der Waals surface area (Å²) >= 11 is 11.1. The molecule has 2 N–H and O–H groups in total. The van der Waals surface area contributed by atoms with Gasteiger partial charge in [0.25, 0.3) is 0 Å². The van der Waals surface area contributed by atoms with Gasteiger partial charge in [-0.25, -0.2) is 0 Å². The number of halogens is 1. The Balaban J connectivity index is 1.79. The van der Waals surface area contributed by atoms with Crippen molar-refractivity contribution in [3.63, 3.8) is 0 Å². The highest BCUT2D eigenvalue weighted by Gasteiger charge is 1.96. The fourth-order valence-electron chi connectivity index (χ4n) is 1.56. The van der Waals surface area contributed by atoms with Crippen LogP contribution in [-0.2, 0) is 6.54 Å². The van der Waals surface area contributed by atoms with Gasteiger partial charge in [0.2, 0.25) is 0 Å². The SMILES string of the molecule is S=C(NCc1ccccc1)N/N=C/c1ccccc1Cl. The summed E-state index contributed by atoms with van der Waals surface area (Å²) in [5, 5.41) is 8.25. The van der Waals surface area contributed by atoms with E-state index in [0.29, 0.717) is 16.7 Å². The Kier molecular flexibility index (Phi) is 5.53. The average Bonchev–Trinajstić information content (AvgIpc) is 2.48. The molecule has 0 aliphatic rings. The second-order valence-electron chi connectivity index (χ2n) is 4.06. The third-order valence-corrected chi connectivity index (χ3v) is 3.15. The molecule has 0 spiro atoms. The standard InChI is InChI=1S/C15H14ClN3S/c16-14-9-5-4-8-13(14)11-18-19-15(20)17-10-12-6-2-1-3-7-12/h1-9,11H,10H2,(H2,17,19,20)/b18-11+. The predicted molar refractivity (Wildman–Crippen MR) is 88.1 cm³/mol. The van der Waals surface area contributed by atoms with Crippen LogP contribution in [0.25, 0.3) is 0 Å². The monoisotopic (exact) mass is 303 g/mol. The van der Waals surface area contributed by atoms with Crippen molar-refractivity contribution >= 4 is 35.1 Å². The molecule has 0 radical (unpaired) electrons. The van der Waals surface area contributed by atoms with Gasteiger partial charge in [0.15, 0.2) is 5.11 Å². The van der Waals surface area contributed by atoms with Crippen LogP contribution in [0.15, 0.2) is 59.7 Å². The van der Waals surface area contributed by atoms with Gasteiger partial charge in [0.1, 0.15) is 0 Å². The van der Waals surface area contributed by atoms with Crippen molar-refractivity contribution in [3.8, 4) is 0 Å². The largest absolute Gasteiger partial charge is 0.357 e. The van der Waals surface area contributed by atoms with Crippen LogP contribution in [0.5, 0.6) is 0 Å². The fourth-order valence-corrected chi connectivity index (χ4v) is 1.87. The molecule has 0 aliphatic heterocycles. The molecule has 0 bridgehead atoms. The number of nitrogens with one attached hydrogen (secondary N) is 2. The van der Waals surface area contributed by atoms with Gasteiger partial charge in [-0.15, -0.1) is 0 Å². The number of hydrazone groups is 1. The summed E-state index contributed by atoms with van der Waals surface area (Å²) in [6.45, 7) is 0.661. The molecule has 0 aromatic heterocycles. The first kappa shape index (κ1) is 14.5. The molecule has 2 aromatic carbocycles. The first-order chi connectivity index (χ1) is 9.75. The zero-order valence-corrected chi connectivity index (χ0v) is 12.3. The summed E-state index contributed by atoms with van der Waals surface area (Å²) in [6, 6.07) is 17.5. The molecule has 20 heavy (non-hydrogen) atoms. The van der Waals surface area contributed by atoms with E-state index in [9.17, 15) is 0 Å². The van der Waals surface area contributed by atoms with Crippen molar-refractivity contribution in [2.75, 3.05) is 0 Å². The van der Waals surface area contributed by atoms with Crippen molar-refractivity contribution < 1.29 is 0 Å². The maximum Gasteiger partial charge on any atom is 0.187 e. The first-order valence-electron chi connectivity index (χ1n) is 6.11. The summed E-state index contributed by atoms with van der Waals surface area (Å²) in [5.41, 5.74) is 4.76. The average molecular weight is 304 g/mol. The van der Waals surface area contributed by atoms with E-state index in [4.69, 9.17) is 23.8 Å². The van der Waals surface area contributed by atoms with E-state index in [1.54, 1.807) is 6.21 Å². The third-order valence-electron chi connectivity index (χ3n) is 2.57. The van der Waals surface area contributed by atoms with Crippen molar-refractivity contribution in [1.82, 2.24) is 10.7 Å². The van der Waals surface area contributed by atoms with Crippen LogP contribution in [0.4, 0.5) is 0 Å². The van der Waals surface area contributed by atoms with Crippen LogP contribution in [0, 0.1) is 0 Å². The molecule has 0 atom stereocenters. The molecule has 0 heterocycles. The minimum Gasteiger partial charge on any atom is -0.357 e. The number of thiocarbonyl (C=S) groups is 1. The number of hydrogen-bond donors (Lipinski definition) is 2. The van der Waals surface area contributed by atoms with E-state index in [2.05, 4.69) is 15.8 Å². The van der Waals surface area contributed by atoms with Crippen LogP contribution < -0.4 is 10.7 Å². The molecule has 5 heteroatoms. The molecule has 2 aromatic rings. The van der Waals surface area contributed by atoms with E-state index >= 15 is 0 Å². The highest BCUT2D eigenvalue weighted by Crippen LogP contribution is 2.11. The Hall–Kier alpha value is -1.91. The van der Waals surface area contributed by atoms with Gasteiger partial charge < -0.3 is 5.32 Å². The fraction of sp³-hybridized carbons (Fsp3) is 0.0667. The zero-order chi connectivity index (χ0) is 14.2. The van der Waals surface area contributed by atoms with Gasteiger partial charge in [-0.3, -0.25) is 5.43 Å². The Bertz CT molecular complexity index is 599. The van der Waals surface area contributed by atoms with E-state index in [0.717, 1.165) is 11.1 Å². The van der Waals surface area contributed by atoms with Crippen molar-refractivity contribution in [2.24, 2.45) is 5.10 Å². The topological polar surface area (TPSA) is 36.4 Å². The Morgan fingerprint density at radius 3 is 2.55 bits per heavy atom. The van der Waals surface area contributed by atoms with Crippen molar-refractivity contribution in [3.05, 3.63) is 70.7 Å². The maximum absolute atomic E-state index is 6.01. The van der Waals surface area contributed by atoms with Gasteiger partial charge in [-0.1, -0.05) is 60.1 Å². The predicted octanol–water partition coefficient (Wildman–Crippen LogP) is 3.34. The van der Waals surface area contributed by atoms with E-state index in [1.165, 1.54) is 0 Å². The van der Waals surface area contributed by atoms with Gasteiger partial charge in [0.05, 0.1) is 6.21 Å².